The van der Waals surface area contributed by atoms with Gasteiger partial charge >= 0.3 is 10.8 Å². The number of aromatic nitrogens is 5. The van der Waals surface area contributed by atoms with Gasteiger partial charge in [-0.3, -0.25) is 14.4 Å². The summed E-state index contributed by atoms with van der Waals surface area (Å²) >= 11 is 1.08. The molecule has 0 aliphatic carbocycles. The van der Waals surface area contributed by atoms with Gasteiger partial charge in [-0.1, -0.05) is 11.3 Å². The summed E-state index contributed by atoms with van der Waals surface area (Å²) in [4.78, 5) is 50.4. The Morgan fingerprint density at radius 1 is 1.38 bits per heavy atom. The summed E-state index contributed by atoms with van der Waals surface area (Å²) in [5, 5.41) is 4.30. The van der Waals surface area contributed by atoms with Gasteiger partial charge in [-0.2, -0.15) is 0 Å². The lowest BCUT2D eigenvalue weighted by Gasteiger charge is -2.13. The Labute approximate surface area is 151 Å². The zero-order valence-electron chi connectivity index (χ0n) is 14.1. The number of carbonyl (C=O) groups is 2. The summed E-state index contributed by atoms with van der Waals surface area (Å²) in [6.45, 7) is 3.46. The van der Waals surface area contributed by atoms with Gasteiger partial charge in [-0.15, -0.1) is 0 Å². The third kappa shape index (κ3) is 3.77. The number of aryl methyl sites for hydroxylation is 1. The molecule has 0 aliphatic heterocycles. The van der Waals surface area contributed by atoms with Gasteiger partial charge in [0.15, 0.2) is 17.6 Å². The number of anilines is 1. The third-order valence-corrected chi connectivity index (χ3v) is 4.54. The number of esters is 1. The van der Waals surface area contributed by atoms with Crippen LogP contribution in [0.2, 0.25) is 0 Å². The molecule has 26 heavy (non-hydrogen) atoms. The van der Waals surface area contributed by atoms with Crippen molar-refractivity contribution in [3.63, 3.8) is 0 Å². The minimum Gasteiger partial charge on any atom is -0.452 e. The van der Waals surface area contributed by atoms with Gasteiger partial charge in [0.2, 0.25) is 0 Å². The fourth-order valence-corrected chi connectivity index (χ4v) is 3.03. The van der Waals surface area contributed by atoms with Crippen molar-refractivity contribution in [1.29, 1.82) is 0 Å². The van der Waals surface area contributed by atoms with Crippen LogP contribution < -0.4 is 10.2 Å². The van der Waals surface area contributed by atoms with E-state index in [4.69, 9.17) is 4.74 Å². The fraction of sp³-hybridized carbons (Fsp3) is 0.333. The maximum absolute atomic E-state index is 12.2. The molecule has 0 unspecified atom stereocenters. The maximum atomic E-state index is 12.2. The highest BCUT2D eigenvalue weighted by atomic mass is 32.1. The Bertz CT molecular complexity index is 1010. The molecule has 0 saturated carbocycles. The molecule has 10 nitrogen and oxygen atoms in total. The maximum Gasteiger partial charge on any atom is 0.308 e. The van der Waals surface area contributed by atoms with Crippen molar-refractivity contribution >= 4 is 40.2 Å². The van der Waals surface area contributed by atoms with Gasteiger partial charge in [-0.25, -0.2) is 15.0 Å². The number of hydrogen-bond donors (Lipinski definition) is 2. The van der Waals surface area contributed by atoms with E-state index in [1.54, 1.807) is 12.3 Å². The van der Waals surface area contributed by atoms with Crippen LogP contribution in [0.5, 0.6) is 0 Å². The first-order valence-electron chi connectivity index (χ1n) is 7.75. The molecule has 136 valence electrons. The normalized spacial score (nSPS) is 12.1. The van der Waals surface area contributed by atoms with Gasteiger partial charge in [0.25, 0.3) is 5.91 Å². The Hall–Kier alpha value is -3.08. The van der Waals surface area contributed by atoms with Crippen molar-refractivity contribution in [2.75, 3.05) is 5.32 Å². The summed E-state index contributed by atoms with van der Waals surface area (Å²) in [7, 11) is 0. The highest BCUT2D eigenvalue weighted by Crippen LogP contribution is 2.15. The summed E-state index contributed by atoms with van der Waals surface area (Å²) in [6.07, 6.45) is 1.69. The fourth-order valence-electron chi connectivity index (χ4n) is 2.27. The van der Waals surface area contributed by atoms with Crippen molar-refractivity contribution in [2.45, 2.75) is 32.9 Å². The first-order valence-corrected chi connectivity index (χ1v) is 8.63. The lowest BCUT2D eigenvalue weighted by atomic mass is 10.3. The Balaban J connectivity index is 1.56. The number of fused-ring (bicyclic) bond motifs is 1. The second-order valence-corrected chi connectivity index (χ2v) is 6.31. The number of amides is 1. The first kappa shape index (κ1) is 17.7. The minimum absolute atomic E-state index is 0.00655. The number of nitrogens with zero attached hydrogens (tertiary/aromatic N) is 4. The van der Waals surface area contributed by atoms with Gasteiger partial charge < -0.3 is 19.6 Å². The van der Waals surface area contributed by atoms with Gasteiger partial charge in [-0.05, 0) is 13.8 Å². The van der Waals surface area contributed by atoms with Crippen molar-refractivity contribution in [3.8, 4) is 0 Å². The van der Waals surface area contributed by atoms with E-state index in [1.807, 2.05) is 0 Å². The summed E-state index contributed by atoms with van der Waals surface area (Å²) in [6, 6.07) is 0. The van der Waals surface area contributed by atoms with Gasteiger partial charge in [0.1, 0.15) is 11.8 Å². The van der Waals surface area contributed by atoms with E-state index < -0.39 is 18.0 Å². The SMILES string of the molecule is Cc1csc(=O)n1CCC(=O)O[C@H](C)C(=O)Nc1ncnc2nc[nH]c12. The van der Waals surface area contributed by atoms with Gasteiger partial charge in [0.05, 0.1) is 12.7 Å². The van der Waals surface area contributed by atoms with Crippen LogP contribution in [-0.2, 0) is 20.9 Å². The molecule has 0 bridgehead atoms. The molecular formula is C15H16N6O4S. The number of nitrogens with one attached hydrogen (secondary N) is 2. The summed E-state index contributed by atoms with van der Waals surface area (Å²) < 4.78 is 6.62. The molecule has 0 aliphatic rings. The first-order chi connectivity index (χ1) is 12.5. The van der Waals surface area contributed by atoms with Crippen LogP contribution in [0.1, 0.15) is 19.0 Å². The standard InChI is InChI=1S/C15H16N6O4S/c1-8-5-26-15(24)21(8)4-3-10(22)25-9(2)14(23)20-13-11-12(17-6-16-11)18-7-19-13/h5-7,9H,3-4H2,1-2H3,(H2,16,17,18,19,20,23)/t9-/m1/s1. The van der Waals surface area contributed by atoms with E-state index in [0.29, 0.717) is 11.2 Å². The van der Waals surface area contributed by atoms with Crippen molar-refractivity contribution in [1.82, 2.24) is 24.5 Å². The van der Waals surface area contributed by atoms with E-state index in [0.717, 1.165) is 17.0 Å². The predicted molar refractivity (Wildman–Crippen MR) is 93.8 cm³/mol. The van der Waals surface area contributed by atoms with Gasteiger partial charge in [0, 0.05) is 17.6 Å². The van der Waals surface area contributed by atoms with E-state index in [1.165, 1.54) is 24.1 Å². The summed E-state index contributed by atoms with van der Waals surface area (Å²) in [5.41, 5.74) is 1.68. The number of H-pyrrole nitrogens is 1. The van der Waals surface area contributed by atoms with Crippen LogP contribution in [0, 0.1) is 6.92 Å². The van der Waals surface area contributed by atoms with Crippen molar-refractivity contribution in [3.05, 3.63) is 33.4 Å². The van der Waals surface area contributed by atoms with Crippen LogP contribution in [0.15, 0.2) is 22.8 Å². The summed E-state index contributed by atoms with van der Waals surface area (Å²) in [5.74, 6) is -0.850. The number of imidazole rings is 1. The Morgan fingerprint density at radius 3 is 2.92 bits per heavy atom. The molecule has 3 aromatic rings. The molecule has 0 spiro atoms. The lowest BCUT2D eigenvalue weighted by Crippen LogP contribution is -2.31. The largest absolute Gasteiger partial charge is 0.452 e. The molecule has 0 saturated heterocycles. The van der Waals surface area contributed by atoms with Crippen LogP contribution in [0.3, 0.4) is 0 Å². The molecule has 3 heterocycles. The molecule has 2 N–H and O–H groups in total. The zero-order valence-corrected chi connectivity index (χ0v) is 14.9. The highest BCUT2D eigenvalue weighted by molar-refractivity contribution is 7.07. The van der Waals surface area contributed by atoms with Crippen molar-refractivity contribution in [2.24, 2.45) is 0 Å². The molecule has 1 atom stereocenters. The Morgan fingerprint density at radius 2 is 2.19 bits per heavy atom. The second kappa shape index (κ2) is 7.44. The second-order valence-electron chi connectivity index (χ2n) is 5.49. The number of ether oxygens (including phenoxy) is 1. The third-order valence-electron chi connectivity index (χ3n) is 3.66. The molecule has 3 rings (SSSR count). The van der Waals surface area contributed by atoms with E-state index in [-0.39, 0.29) is 23.7 Å². The smallest absolute Gasteiger partial charge is 0.308 e. The molecule has 0 fully saturated rings. The van der Waals surface area contributed by atoms with Crippen molar-refractivity contribution < 1.29 is 14.3 Å². The molecule has 0 radical (unpaired) electrons. The zero-order chi connectivity index (χ0) is 18.7. The molecule has 3 aromatic heterocycles. The van der Waals surface area contributed by atoms with Crippen LogP contribution in [-0.4, -0.2) is 42.5 Å². The van der Waals surface area contributed by atoms with E-state index in [9.17, 15) is 14.4 Å². The molecular weight excluding hydrogens is 360 g/mol. The molecule has 11 heteroatoms. The van der Waals surface area contributed by atoms with Crippen LogP contribution in [0.25, 0.3) is 11.2 Å². The van der Waals surface area contributed by atoms with Crippen LogP contribution >= 0.6 is 11.3 Å². The minimum atomic E-state index is -1.02. The number of thiazole rings is 1. The number of carbonyl (C=O) groups excluding carboxylic acids is 2. The predicted octanol–water partition coefficient (Wildman–Crippen LogP) is 0.845. The topological polar surface area (TPSA) is 132 Å². The average molecular weight is 376 g/mol. The average Bonchev–Trinajstić information content (AvgIpc) is 3.20. The quantitative estimate of drug-likeness (QED) is 0.609. The number of aromatic amines is 1. The van der Waals surface area contributed by atoms with E-state index >= 15 is 0 Å². The van der Waals surface area contributed by atoms with E-state index in [2.05, 4.69) is 25.3 Å². The monoisotopic (exact) mass is 376 g/mol. The number of hydrogen-bond acceptors (Lipinski definition) is 8. The highest BCUT2D eigenvalue weighted by Gasteiger charge is 2.20. The molecule has 0 aromatic carbocycles. The van der Waals surface area contributed by atoms with Crippen LogP contribution in [0.4, 0.5) is 5.82 Å². The molecule has 1 amide bonds. The Kier molecular flexibility index (Phi) is 5.07. The lowest BCUT2D eigenvalue weighted by molar-refractivity contribution is -0.153. The number of rotatable bonds is 6.